The molecule has 0 aromatic heterocycles. The fourth-order valence-corrected chi connectivity index (χ4v) is 1.36. The average Bonchev–Trinajstić information content (AvgIpc) is 2.37. The van der Waals surface area contributed by atoms with Gasteiger partial charge in [-0.15, -0.1) is 0 Å². The fourth-order valence-electron chi connectivity index (χ4n) is 1.36. The highest BCUT2D eigenvalue weighted by molar-refractivity contribution is 5.97. The molecule has 1 aromatic rings. The van der Waals surface area contributed by atoms with E-state index in [1.807, 2.05) is 0 Å². The predicted octanol–water partition coefficient (Wildman–Crippen LogP) is 0.808. The monoisotopic (exact) mass is 268 g/mol. The summed E-state index contributed by atoms with van der Waals surface area (Å²) >= 11 is 0. The largest absolute Gasteiger partial charge is 0.496 e. The molecule has 0 aliphatic rings. The summed E-state index contributed by atoms with van der Waals surface area (Å²) in [4.78, 5) is 32.0. The first kappa shape index (κ1) is 14.4. The Kier molecular flexibility index (Phi) is 4.81. The van der Waals surface area contributed by atoms with Crippen LogP contribution in [0.1, 0.15) is 16.8 Å². The third kappa shape index (κ3) is 3.95. The Bertz CT molecular complexity index is 514. The van der Waals surface area contributed by atoms with Gasteiger partial charge in [-0.1, -0.05) is 0 Å². The number of benzene rings is 1. The van der Waals surface area contributed by atoms with Crippen molar-refractivity contribution < 1.29 is 24.4 Å². The molecule has 0 bridgehead atoms. The number of nitrogens with zero attached hydrogens (tertiary/aromatic N) is 1. The molecule has 8 heteroatoms. The second-order valence-electron chi connectivity index (χ2n) is 3.54. The summed E-state index contributed by atoms with van der Waals surface area (Å²) in [5.41, 5.74) is -0.0857. The summed E-state index contributed by atoms with van der Waals surface area (Å²) in [5, 5.41) is 21.4. The first-order valence-electron chi connectivity index (χ1n) is 5.28. The third-order valence-electron chi connectivity index (χ3n) is 2.26. The van der Waals surface area contributed by atoms with E-state index in [1.54, 1.807) is 0 Å². The summed E-state index contributed by atoms with van der Waals surface area (Å²) < 4.78 is 4.90. The molecule has 0 radical (unpaired) electrons. The molecule has 1 amide bonds. The summed E-state index contributed by atoms with van der Waals surface area (Å²) in [6.07, 6.45) is -0.207. The van der Waals surface area contributed by atoms with Gasteiger partial charge in [0.2, 0.25) is 0 Å². The Hall–Kier alpha value is -2.64. The van der Waals surface area contributed by atoms with E-state index in [4.69, 9.17) is 9.84 Å². The number of aliphatic carboxylic acids is 1. The fraction of sp³-hybridized carbons (Fsp3) is 0.273. The summed E-state index contributed by atoms with van der Waals surface area (Å²) in [7, 11) is 1.28. The Morgan fingerprint density at radius 2 is 2.16 bits per heavy atom. The Balaban J connectivity index is 2.84. The van der Waals surface area contributed by atoms with Crippen molar-refractivity contribution in [1.82, 2.24) is 5.32 Å². The van der Waals surface area contributed by atoms with Crippen molar-refractivity contribution in [3.05, 3.63) is 33.9 Å². The van der Waals surface area contributed by atoms with Gasteiger partial charge in [-0.2, -0.15) is 0 Å². The van der Waals surface area contributed by atoms with E-state index < -0.39 is 16.8 Å². The van der Waals surface area contributed by atoms with Crippen LogP contribution < -0.4 is 10.1 Å². The van der Waals surface area contributed by atoms with Crippen LogP contribution in [-0.4, -0.2) is 35.6 Å². The molecule has 2 N–H and O–H groups in total. The second kappa shape index (κ2) is 6.34. The van der Waals surface area contributed by atoms with Gasteiger partial charge in [-0.25, -0.2) is 0 Å². The van der Waals surface area contributed by atoms with Crippen LogP contribution in [0.5, 0.6) is 5.75 Å². The number of rotatable bonds is 6. The van der Waals surface area contributed by atoms with E-state index in [1.165, 1.54) is 19.2 Å². The smallest absolute Gasteiger partial charge is 0.305 e. The maximum absolute atomic E-state index is 11.7. The van der Waals surface area contributed by atoms with Crippen LogP contribution in [0.3, 0.4) is 0 Å². The first-order valence-corrected chi connectivity index (χ1v) is 5.28. The van der Waals surface area contributed by atoms with Gasteiger partial charge in [-0.3, -0.25) is 19.7 Å². The van der Waals surface area contributed by atoms with E-state index in [0.29, 0.717) is 0 Å². The topological polar surface area (TPSA) is 119 Å². The lowest BCUT2D eigenvalue weighted by Gasteiger charge is -2.08. The number of carbonyl (C=O) groups is 2. The van der Waals surface area contributed by atoms with Crippen molar-refractivity contribution in [2.75, 3.05) is 13.7 Å². The summed E-state index contributed by atoms with van der Waals surface area (Å²) in [5.74, 6) is -1.52. The molecule has 0 heterocycles. The molecule has 1 rings (SSSR count). The third-order valence-corrected chi connectivity index (χ3v) is 2.26. The highest BCUT2D eigenvalue weighted by atomic mass is 16.6. The van der Waals surface area contributed by atoms with Gasteiger partial charge in [0.1, 0.15) is 5.75 Å². The van der Waals surface area contributed by atoms with Gasteiger partial charge in [-0.05, 0) is 6.07 Å². The van der Waals surface area contributed by atoms with Crippen molar-refractivity contribution in [1.29, 1.82) is 0 Å². The summed E-state index contributed by atoms with van der Waals surface area (Å²) in [6.45, 7) is -0.0334. The zero-order valence-corrected chi connectivity index (χ0v) is 10.1. The minimum absolute atomic E-state index is 0.0334. The van der Waals surface area contributed by atoms with Crippen LogP contribution in [0.4, 0.5) is 5.69 Å². The lowest BCUT2D eigenvalue weighted by molar-refractivity contribution is -0.384. The highest BCUT2D eigenvalue weighted by Gasteiger charge is 2.16. The number of nitro benzene ring substituents is 1. The van der Waals surface area contributed by atoms with Gasteiger partial charge in [0.25, 0.3) is 11.6 Å². The predicted molar refractivity (Wildman–Crippen MR) is 64.2 cm³/mol. The lowest BCUT2D eigenvalue weighted by atomic mass is 10.1. The van der Waals surface area contributed by atoms with Gasteiger partial charge in [0.15, 0.2) is 0 Å². The number of carboxylic acids is 1. The van der Waals surface area contributed by atoms with Crippen LogP contribution in [0.2, 0.25) is 0 Å². The number of nitrogens with one attached hydrogen (secondary N) is 1. The zero-order chi connectivity index (χ0) is 14.4. The van der Waals surface area contributed by atoms with Crippen LogP contribution in [0.25, 0.3) is 0 Å². The molecule has 0 saturated carbocycles. The van der Waals surface area contributed by atoms with E-state index in [0.717, 1.165) is 6.07 Å². The van der Waals surface area contributed by atoms with E-state index in [-0.39, 0.29) is 30.0 Å². The number of carbonyl (C=O) groups excluding carboxylic acids is 1. The molecular formula is C11H12N2O6. The molecular weight excluding hydrogens is 256 g/mol. The maximum atomic E-state index is 11.7. The Morgan fingerprint density at radius 3 is 2.68 bits per heavy atom. The molecule has 102 valence electrons. The van der Waals surface area contributed by atoms with Gasteiger partial charge < -0.3 is 15.2 Å². The van der Waals surface area contributed by atoms with E-state index in [2.05, 4.69) is 5.32 Å². The number of hydrogen-bond donors (Lipinski definition) is 2. The van der Waals surface area contributed by atoms with Crippen molar-refractivity contribution in [2.24, 2.45) is 0 Å². The van der Waals surface area contributed by atoms with Crippen molar-refractivity contribution in [3.63, 3.8) is 0 Å². The molecule has 19 heavy (non-hydrogen) atoms. The number of hydrogen-bond acceptors (Lipinski definition) is 5. The van der Waals surface area contributed by atoms with E-state index >= 15 is 0 Å². The van der Waals surface area contributed by atoms with Crippen LogP contribution in [0, 0.1) is 10.1 Å². The number of carboxylic acid groups (broad SMARTS) is 1. The second-order valence-corrected chi connectivity index (χ2v) is 3.54. The molecule has 0 fully saturated rings. The van der Waals surface area contributed by atoms with Gasteiger partial charge in [0, 0.05) is 12.6 Å². The normalized spacial score (nSPS) is 9.74. The van der Waals surface area contributed by atoms with Crippen molar-refractivity contribution >= 4 is 17.6 Å². The lowest BCUT2D eigenvalue weighted by Crippen LogP contribution is -2.26. The average molecular weight is 268 g/mol. The molecule has 8 nitrogen and oxygen atoms in total. The minimum atomic E-state index is -1.03. The van der Waals surface area contributed by atoms with E-state index in [9.17, 15) is 19.7 Å². The molecule has 0 atom stereocenters. The van der Waals surface area contributed by atoms with Crippen LogP contribution in [-0.2, 0) is 4.79 Å². The molecule has 0 aliphatic heterocycles. The number of non-ortho nitro benzene ring substituents is 1. The summed E-state index contributed by atoms with van der Waals surface area (Å²) in [6, 6.07) is 3.56. The Morgan fingerprint density at radius 1 is 1.47 bits per heavy atom. The standard InChI is InChI=1S/C11H12N2O6/c1-19-9-6-7(13(17)18)2-3-8(9)11(16)12-5-4-10(14)15/h2-3,6H,4-5H2,1H3,(H,12,16)(H,14,15). The van der Waals surface area contributed by atoms with Crippen molar-refractivity contribution in [2.45, 2.75) is 6.42 Å². The quantitative estimate of drug-likeness (QED) is 0.582. The minimum Gasteiger partial charge on any atom is -0.496 e. The number of ether oxygens (including phenoxy) is 1. The van der Waals surface area contributed by atoms with Gasteiger partial charge >= 0.3 is 5.97 Å². The zero-order valence-electron chi connectivity index (χ0n) is 10.1. The van der Waals surface area contributed by atoms with Gasteiger partial charge in [0.05, 0.1) is 30.1 Å². The first-order chi connectivity index (χ1) is 8.95. The number of nitro groups is 1. The SMILES string of the molecule is COc1cc([N+](=O)[O-])ccc1C(=O)NCCC(=O)O. The molecule has 0 saturated heterocycles. The Labute approximate surface area is 108 Å². The highest BCUT2D eigenvalue weighted by Crippen LogP contribution is 2.24. The van der Waals surface area contributed by atoms with Crippen LogP contribution >= 0.6 is 0 Å². The maximum Gasteiger partial charge on any atom is 0.305 e. The molecule has 0 unspecified atom stereocenters. The number of amides is 1. The molecule has 0 aliphatic carbocycles. The van der Waals surface area contributed by atoms with Crippen molar-refractivity contribution in [3.8, 4) is 5.75 Å². The number of methoxy groups -OCH3 is 1. The molecule has 0 spiro atoms. The van der Waals surface area contributed by atoms with Crippen LogP contribution in [0.15, 0.2) is 18.2 Å². The molecule has 1 aromatic carbocycles.